The quantitative estimate of drug-likeness (QED) is 0.815. The Morgan fingerprint density at radius 1 is 1.21 bits per heavy atom. The normalized spacial score (nSPS) is 10.5. The molecule has 126 valence electrons. The molecule has 1 amide bonds. The number of carbonyl (C=O) groups is 2. The van der Waals surface area contributed by atoms with Gasteiger partial charge in [0.25, 0.3) is 5.91 Å². The highest BCUT2D eigenvalue weighted by Gasteiger charge is 2.16. The van der Waals surface area contributed by atoms with Crippen molar-refractivity contribution in [3.63, 3.8) is 0 Å². The second kappa shape index (κ2) is 8.49. The van der Waals surface area contributed by atoms with Crippen LogP contribution in [0.25, 0.3) is 0 Å². The van der Waals surface area contributed by atoms with Crippen LogP contribution in [-0.2, 0) is 9.53 Å². The van der Waals surface area contributed by atoms with E-state index >= 15 is 0 Å². The number of carbonyl (C=O) groups excluding carboxylic acids is 2. The lowest BCUT2D eigenvalue weighted by Gasteiger charge is -2.10. The third-order valence-electron chi connectivity index (χ3n) is 3.01. The van der Waals surface area contributed by atoms with Crippen LogP contribution in [-0.4, -0.2) is 29.5 Å². The molecule has 2 rings (SSSR count). The maximum Gasteiger partial charge on any atom is 0.341 e. The zero-order chi connectivity index (χ0) is 17.5. The third-order valence-corrected chi connectivity index (χ3v) is 4.04. The van der Waals surface area contributed by atoms with Gasteiger partial charge in [0, 0.05) is 17.1 Å². The highest BCUT2D eigenvalue weighted by atomic mass is 32.2. The topological polar surface area (TPSA) is 68.3 Å². The minimum absolute atomic E-state index is 0.00208. The molecule has 0 aliphatic heterocycles. The summed E-state index contributed by atoms with van der Waals surface area (Å²) in [6, 6.07) is 11.3. The van der Waals surface area contributed by atoms with Crippen LogP contribution in [0.3, 0.4) is 0 Å². The van der Waals surface area contributed by atoms with Gasteiger partial charge in [-0.2, -0.15) is 0 Å². The van der Waals surface area contributed by atoms with Gasteiger partial charge in [-0.15, -0.1) is 0 Å². The maximum atomic E-state index is 12.2. The molecule has 24 heavy (non-hydrogen) atoms. The summed E-state index contributed by atoms with van der Waals surface area (Å²) in [5, 5.41) is 3.22. The van der Waals surface area contributed by atoms with Crippen LogP contribution in [0, 0.1) is 6.92 Å². The molecule has 0 spiro atoms. The lowest BCUT2D eigenvalue weighted by Crippen LogP contribution is -2.34. The lowest BCUT2D eigenvalue weighted by atomic mass is 10.2. The summed E-state index contributed by atoms with van der Waals surface area (Å²) < 4.78 is 5.08. The molecule has 0 aliphatic rings. The number of benzene rings is 1. The Morgan fingerprint density at radius 3 is 2.58 bits per heavy atom. The molecule has 1 N–H and O–H groups in total. The molecular weight excluding hydrogens is 324 g/mol. The Labute approximate surface area is 145 Å². The van der Waals surface area contributed by atoms with E-state index in [1.807, 2.05) is 45.0 Å². The fourth-order valence-corrected chi connectivity index (χ4v) is 2.79. The number of amides is 1. The van der Waals surface area contributed by atoms with Crippen molar-refractivity contribution in [2.45, 2.75) is 36.7 Å². The second-order valence-corrected chi connectivity index (χ2v) is 6.63. The second-order valence-electron chi connectivity index (χ2n) is 5.57. The highest BCUT2D eigenvalue weighted by Crippen LogP contribution is 2.29. The molecule has 0 fully saturated rings. The molecule has 2 aromatic rings. The van der Waals surface area contributed by atoms with Gasteiger partial charge in [-0.3, -0.25) is 4.79 Å². The van der Waals surface area contributed by atoms with E-state index in [0.29, 0.717) is 10.6 Å². The molecule has 1 aromatic carbocycles. The monoisotopic (exact) mass is 344 g/mol. The first-order chi connectivity index (χ1) is 11.5. The van der Waals surface area contributed by atoms with E-state index < -0.39 is 5.97 Å². The molecular formula is C18H20N2O3S. The van der Waals surface area contributed by atoms with Crippen LogP contribution in [0.2, 0.25) is 0 Å². The molecule has 0 unspecified atom stereocenters. The van der Waals surface area contributed by atoms with E-state index in [1.54, 1.807) is 18.3 Å². The summed E-state index contributed by atoms with van der Waals surface area (Å²) in [6.45, 7) is 5.40. The molecule has 0 atom stereocenters. The zero-order valence-electron chi connectivity index (χ0n) is 13.9. The van der Waals surface area contributed by atoms with E-state index in [9.17, 15) is 9.59 Å². The number of nitrogens with zero attached hydrogens (tertiary/aromatic N) is 1. The minimum atomic E-state index is -0.559. The molecule has 0 aliphatic carbocycles. The van der Waals surface area contributed by atoms with E-state index in [4.69, 9.17) is 4.74 Å². The molecule has 0 saturated heterocycles. The van der Waals surface area contributed by atoms with Crippen LogP contribution in [0.5, 0.6) is 0 Å². The smallest absolute Gasteiger partial charge is 0.341 e. The molecule has 5 nitrogen and oxygen atoms in total. The zero-order valence-corrected chi connectivity index (χ0v) is 14.7. The number of hydrogen-bond donors (Lipinski definition) is 1. The van der Waals surface area contributed by atoms with Crippen molar-refractivity contribution in [1.29, 1.82) is 0 Å². The van der Waals surface area contributed by atoms with Crippen LogP contribution in [0.4, 0.5) is 0 Å². The Bertz CT molecular complexity index is 714. The van der Waals surface area contributed by atoms with Gasteiger partial charge in [-0.25, -0.2) is 9.78 Å². The molecule has 1 heterocycles. The van der Waals surface area contributed by atoms with Crippen molar-refractivity contribution in [3.05, 3.63) is 53.7 Å². The number of pyridine rings is 1. The van der Waals surface area contributed by atoms with Gasteiger partial charge in [0.2, 0.25) is 0 Å². The first-order valence-corrected chi connectivity index (χ1v) is 8.43. The summed E-state index contributed by atoms with van der Waals surface area (Å²) >= 11 is 1.38. The minimum Gasteiger partial charge on any atom is -0.452 e. The SMILES string of the molecule is Cc1ccc(Sc2ncccc2C(=O)OCC(=O)NC(C)C)cc1. The van der Waals surface area contributed by atoms with Crippen molar-refractivity contribution in [3.8, 4) is 0 Å². The number of rotatable bonds is 6. The lowest BCUT2D eigenvalue weighted by molar-refractivity contribution is -0.124. The van der Waals surface area contributed by atoms with Gasteiger partial charge < -0.3 is 10.1 Å². The van der Waals surface area contributed by atoms with Crippen molar-refractivity contribution < 1.29 is 14.3 Å². The maximum absolute atomic E-state index is 12.2. The van der Waals surface area contributed by atoms with Crippen molar-refractivity contribution in [2.24, 2.45) is 0 Å². The van der Waals surface area contributed by atoms with Crippen LogP contribution in [0.1, 0.15) is 29.8 Å². The van der Waals surface area contributed by atoms with E-state index in [-0.39, 0.29) is 18.6 Å². The van der Waals surface area contributed by atoms with Crippen molar-refractivity contribution in [1.82, 2.24) is 10.3 Å². The van der Waals surface area contributed by atoms with Crippen LogP contribution in [0.15, 0.2) is 52.5 Å². The van der Waals surface area contributed by atoms with Crippen molar-refractivity contribution in [2.75, 3.05) is 6.61 Å². The Hall–Kier alpha value is -2.34. The largest absolute Gasteiger partial charge is 0.452 e. The average Bonchev–Trinajstić information content (AvgIpc) is 2.54. The van der Waals surface area contributed by atoms with E-state index in [1.165, 1.54) is 11.8 Å². The fraction of sp³-hybridized carbons (Fsp3) is 0.278. The summed E-state index contributed by atoms with van der Waals surface area (Å²) in [5.41, 5.74) is 1.51. The van der Waals surface area contributed by atoms with Gasteiger partial charge >= 0.3 is 5.97 Å². The van der Waals surface area contributed by atoms with E-state index in [2.05, 4.69) is 10.3 Å². The molecule has 6 heteroatoms. The Balaban J connectivity index is 2.06. The summed E-state index contributed by atoms with van der Waals surface area (Å²) in [7, 11) is 0. The van der Waals surface area contributed by atoms with E-state index in [0.717, 1.165) is 10.5 Å². The predicted octanol–water partition coefficient (Wildman–Crippen LogP) is 3.22. The number of nitrogens with one attached hydrogen (secondary N) is 1. The summed E-state index contributed by atoms with van der Waals surface area (Å²) in [6.07, 6.45) is 1.62. The first-order valence-electron chi connectivity index (χ1n) is 7.61. The molecule has 1 aromatic heterocycles. The van der Waals surface area contributed by atoms with Crippen LogP contribution < -0.4 is 5.32 Å². The van der Waals surface area contributed by atoms with Crippen molar-refractivity contribution >= 4 is 23.6 Å². The standard InChI is InChI=1S/C18H20N2O3S/c1-12(2)20-16(21)11-23-18(22)15-5-4-10-19-17(15)24-14-8-6-13(3)7-9-14/h4-10,12H,11H2,1-3H3,(H,20,21). The fourth-order valence-electron chi connectivity index (χ4n) is 1.92. The van der Waals surface area contributed by atoms with Gasteiger partial charge in [-0.05, 0) is 45.0 Å². The number of aromatic nitrogens is 1. The number of aryl methyl sites for hydroxylation is 1. The summed E-state index contributed by atoms with van der Waals surface area (Å²) in [4.78, 5) is 29.1. The third kappa shape index (κ3) is 5.38. The van der Waals surface area contributed by atoms with Gasteiger partial charge in [0.15, 0.2) is 6.61 Å². The molecule has 0 saturated carbocycles. The number of hydrogen-bond acceptors (Lipinski definition) is 5. The highest BCUT2D eigenvalue weighted by molar-refractivity contribution is 7.99. The summed E-state index contributed by atoms with van der Waals surface area (Å²) in [5.74, 6) is -0.883. The van der Waals surface area contributed by atoms with Gasteiger partial charge in [0.05, 0.1) is 5.56 Å². The van der Waals surface area contributed by atoms with Crippen LogP contribution >= 0.6 is 11.8 Å². The predicted molar refractivity (Wildman–Crippen MR) is 93.1 cm³/mol. The Morgan fingerprint density at radius 2 is 1.92 bits per heavy atom. The average molecular weight is 344 g/mol. The first kappa shape index (κ1) is 18.0. The Kier molecular flexibility index (Phi) is 6.37. The number of ether oxygens (including phenoxy) is 1. The number of esters is 1. The molecule has 0 bridgehead atoms. The molecule has 0 radical (unpaired) electrons. The van der Waals surface area contributed by atoms with Gasteiger partial charge in [-0.1, -0.05) is 29.5 Å². The van der Waals surface area contributed by atoms with Gasteiger partial charge in [0.1, 0.15) is 5.03 Å².